The van der Waals surface area contributed by atoms with Crippen molar-refractivity contribution in [1.82, 2.24) is 0 Å². The van der Waals surface area contributed by atoms with E-state index in [1.165, 1.54) is 30.2 Å². The molecule has 1 heterocycles. The van der Waals surface area contributed by atoms with E-state index in [0.29, 0.717) is 15.5 Å². The number of phenols is 1. The number of carbonyl (C=O) groups is 2. The molecule has 0 saturated carbocycles. The standard InChI is InChI=1S/C14H13NO4S2/c1-19-14(18)13-9(6-7-20-13)15-12(17)8-21-11-5-3-2-4-10(11)16/h2-7,16H,8H2,1H3,(H,15,17). The van der Waals surface area contributed by atoms with Crippen molar-refractivity contribution in [2.75, 3.05) is 18.2 Å². The van der Waals surface area contributed by atoms with Crippen LogP contribution in [0, 0.1) is 0 Å². The highest BCUT2D eigenvalue weighted by Gasteiger charge is 2.15. The van der Waals surface area contributed by atoms with Crippen LogP contribution >= 0.6 is 23.1 Å². The Morgan fingerprint density at radius 2 is 2.10 bits per heavy atom. The first kappa shape index (κ1) is 15.4. The Morgan fingerprint density at radius 3 is 2.81 bits per heavy atom. The molecule has 0 radical (unpaired) electrons. The zero-order valence-electron chi connectivity index (χ0n) is 11.2. The highest BCUT2D eigenvalue weighted by molar-refractivity contribution is 8.00. The molecule has 21 heavy (non-hydrogen) atoms. The van der Waals surface area contributed by atoms with Crippen LogP contribution in [0.15, 0.2) is 40.6 Å². The molecule has 0 unspecified atom stereocenters. The molecule has 1 amide bonds. The van der Waals surface area contributed by atoms with E-state index in [4.69, 9.17) is 0 Å². The van der Waals surface area contributed by atoms with E-state index in [1.807, 2.05) is 0 Å². The van der Waals surface area contributed by atoms with Crippen LogP contribution in [-0.2, 0) is 9.53 Å². The molecule has 2 N–H and O–H groups in total. The van der Waals surface area contributed by atoms with E-state index in [0.717, 1.165) is 0 Å². The fraction of sp³-hybridized carbons (Fsp3) is 0.143. The number of hydrogen-bond donors (Lipinski definition) is 2. The molecular formula is C14H13NO4S2. The van der Waals surface area contributed by atoms with Gasteiger partial charge in [-0.15, -0.1) is 23.1 Å². The Bertz CT molecular complexity index is 654. The number of rotatable bonds is 5. The van der Waals surface area contributed by atoms with Crippen LogP contribution in [-0.4, -0.2) is 29.8 Å². The number of anilines is 1. The normalized spacial score (nSPS) is 10.1. The number of thiophene rings is 1. The molecule has 0 fully saturated rings. The average Bonchev–Trinajstić information content (AvgIpc) is 2.93. The molecule has 0 aliphatic carbocycles. The van der Waals surface area contributed by atoms with Crippen LogP contribution < -0.4 is 5.32 Å². The van der Waals surface area contributed by atoms with Crippen LogP contribution in [0.1, 0.15) is 9.67 Å². The number of para-hydroxylation sites is 1. The number of esters is 1. The van der Waals surface area contributed by atoms with Gasteiger partial charge in [-0.25, -0.2) is 4.79 Å². The molecule has 0 aliphatic heterocycles. The maximum Gasteiger partial charge on any atom is 0.350 e. The molecule has 0 saturated heterocycles. The second-order valence-electron chi connectivity index (χ2n) is 3.96. The van der Waals surface area contributed by atoms with Gasteiger partial charge in [0.25, 0.3) is 0 Å². The topological polar surface area (TPSA) is 75.6 Å². The smallest absolute Gasteiger partial charge is 0.350 e. The summed E-state index contributed by atoms with van der Waals surface area (Å²) in [6.07, 6.45) is 0. The number of ether oxygens (including phenoxy) is 1. The Labute approximate surface area is 129 Å². The molecule has 2 rings (SSSR count). The molecule has 0 spiro atoms. The summed E-state index contributed by atoms with van der Waals surface area (Å²) in [6, 6.07) is 8.45. The van der Waals surface area contributed by atoms with Crippen LogP contribution in [0.2, 0.25) is 0 Å². The second kappa shape index (κ2) is 7.14. The number of thioether (sulfide) groups is 1. The molecule has 2 aromatic rings. The van der Waals surface area contributed by atoms with Gasteiger partial charge in [-0.1, -0.05) is 12.1 Å². The molecule has 1 aromatic carbocycles. The summed E-state index contributed by atoms with van der Waals surface area (Å²) in [4.78, 5) is 24.4. The summed E-state index contributed by atoms with van der Waals surface area (Å²) in [5.41, 5.74) is 0.440. The average molecular weight is 323 g/mol. The molecule has 0 bridgehead atoms. The maximum absolute atomic E-state index is 11.9. The third-order valence-corrected chi connectivity index (χ3v) is 4.49. The summed E-state index contributed by atoms with van der Waals surface area (Å²) in [5.74, 6) is -0.463. The van der Waals surface area contributed by atoms with Crippen molar-refractivity contribution in [3.63, 3.8) is 0 Å². The van der Waals surface area contributed by atoms with Gasteiger partial charge in [-0.05, 0) is 23.6 Å². The second-order valence-corrected chi connectivity index (χ2v) is 5.89. The molecule has 110 valence electrons. The van der Waals surface area contributed by atoms with E-state index >= 15 is 0 Å². The zero-order chi connectivity index (χ0) is 15.2. The van der Waals surface area contributed by atoms with Gasteiger partial charge < -0.3 is 15.2 Å². The van der Waals surface area contributed by atoms with E-state index < -0.39 is 5.97 Å². The van der Waals surface area contributed by atoms with Crippen molar-refractivity contribution in [3.05, 3.63) is 40.6 Å². The molecule has 0 aliphatic rings. The fourth-order valence-electron chi connectivity index (χ4n) is 1.57. The molecule has 5 nitrogen and oxygen atoms in total. The molecular weight excluding hydrogens is 310 g/mol. The van der Waals surface area contributed by atoms with Crippen LogP contribution in [0.4, 0.5) is 5.69 Å². The monoisotopic (exact) mass is 323 g/mol. The van der Waals surface area contributed by atoms with Crippen molar-refractivity contribution < 1.29 is 19.4 Å². The van der Waals surface area contributed by atoms with Gasteiger partial charge in [0.05, 0.1) is 18.6 Å². The van der Waals surface area contributed by atoms with Gasteiger partial charge in [-0.3, -0.25) is 4.79 Å². The van der Waals surface area contributed by atoms with Crippen molar-refractivity contribution in [3.8, 4) is 5.75 Å². The van der Waals surface area contributed by atoms with Crippen molar-refractivity contribution in [1.29, 1.82) is 0 Å². The highest BCUT2D eigenvalue weighted by atomic mass is 32.2. The Balaban J connectivity index is 1.95. The minimum atomic E-state index is -0.478. The van der Waals surface area contributed by atoms with Gasteiger partial charge in [0.2, 0.25) is 5.91 Å². The van der Waals surface area contributed by atoms with Gasteiger partial charge in [0.15, 0.2) is 0 Å². The first-order valence-corrected chi connectivity index (χ1v) is 7.85. The zero-order valence-corrected chi connectivity index (χ0v) is 12.8. The number of benzene rings is 1. The fourth-order valence-corrected chi connectivity index (χ4v) is 3.08. The number of hydrogen-bond acceptors (Lipinski definition) is 6. The SMILES string of the molecule is COC(=O)c1sccc1NC(=O)CSc1ccccc1O. The lowest BCUT2D eigenvalue weighted by Gasteiger charge is -2.06. The minimum absolute atomic E-state index is 0.133. The number of aromatic hydroxyl groups is 1. The molecule has 1 aromatic heterocycles. The number of methoxy groups -OCH3 is 1. The van der Waals surface area contributed by atoms with Gasteiger partial charge in [0, 0.05) is 4.90 Å². The van der Waals surface area contributed by atoms with E-state index in [1.54, 1.807) is 35.7 Å². The summed E-state index contributed by atoms with van der Waals surface area (Å²) >= 11 is 2.43. The molecule has 7 heteroatoms. The van der Waals surface area contributed by atoms with Crippen molar-refractivity contribution in [2.45, 2.75) is 4.90 Å². The van der Waals surface area contributed by atoms with Gasteiger partial charge in [0.1, 0.15) is 10.6 Å². The van der Waals surface area contributed by atoms with E-state index in [2.05, 4.69) is 10.1 Å². The van der Waals surface area contributed by atoms with Crippen molar-refractivity contribution >= 4 is 40.7 Å². The number of nitrogens with one attached hydrogen (secondary N) is 1. The van der Waals surface area contributed by atoms with E-state index in [-0.39, 0.29) is 17.4 Å². The maximum atomic E-state index is 11.9. The number of carbonyl (C=O) groups excluding carboxylic acids is 2. The van der Waals surface area contributed by atoms with Gasteiger partial charge in [-0.2, -0.15) is 0 Å². The summed E-state index contributed by atoms with van der Waals surface area (Å²) < 4.78 is 4.64. The first-order chi connectivity index (χ1) is 10.1. The van der Waals surface area contributed by atoms with Crippen LogP contribution in [0.25, 0.3) is 0 Å². The Hall–Kier alpha value is -1.99. The first-order valence-electron chi connectivity index (χ1n) is 5.98. The third-order valence-electron chi connectivity index (χ3n) is 2.53. The lowest BCUT2D eigenvalue weighted by atomic mass is 10.3. The predicted molar refractivity (Wildman–Crippen MR) is 83.1 cm³/mol. The quantitative estimate of drug-likeness (QED) is 0.653. The summed E-state index contributed by atoms with van der Waals surface area (Å²) in [7, 11) is 1.29. The van der Waals surface area contributed by atoms with Crippen LogP contribution in [0.5, 0.6) is 5.75 Å². The third kappa shape index (κ3) is 3.99. The molecule has 0 atom stereocenters. The van der Waals surface area contributed by atoms with Gasteiger partial charge >= 0.3 is 5.97 Å². The summed E-state index contributed by atoms with van der Waals surface area (Å²) in [5, 5.41) is 14.0. The van der Waals surface area contributed by atoms with Crippen molar-refractivity contribution in [2.24, 2.45) is 0 Å². The minimum Gasteiger partial charge on any atom is -0.507 e. The number of phenolic OH excluding ortho intramolecular Hbond substituents is 1. The number of amides is 1. The largest absolute Gasteiger partial charge is 0.507 e. The van der Waals surface area contributed by atoms with Crippen LogP contribution in [0.3, 0.4) is 0 Å². The lowest BCUT2D eigenvalue weighted by Crippen LogP contribution is -2.15. The lowest BCUT2D eigenvalue weighted by molar-refractivity contribution is -0.113. The summed E-state index contributed by atoms with van der Waals surface area (Å²) in [6.45, 7) is 0. The predicted octanol–water partition coefficient (Wildman–Crippen LogP) is 2.97. The Kier molecular flexibility index (Phi) is 5.24. The van der Waals surface area contributed by atoms with E-state index in [9.17, 15) is 14.7 Å². The Morgan fingerprint density at radius 1 is 1.33 bits per heavy atom. The highest BCUT2D eigenvalue weighted by Crippen LogP contribution is 2.28.